The van der Waals surface area contributed by atoms with E-state index in [0.717, 1.165) is 49.2 Å². The second kappa shape index (κ2) is 4.83. The van der Waals surface area contributed by atoms with Crippen molar-refractivity contribution in [1.29, 1.82) is 0 Å². The van der Waals surface area contributed by atoms with E-state index >= 15 is 0 Å². The van der Waals surface area contributed by atoms with Crippen LogP contribution in [0.15, 0.2) is 0 Å². The zero-order valence-corrected chi connectivity index (χ0v) is 16.1. The molecule has 0 N–H and O–H groups in total. The SMILES string of the molecule is CC1CC[C@]2(C)C3C(CC[C@@H]2C1)C1CCC2(OCCO2)[C@@]1(C)[C@H]1OC31. The quantitative estimate of drug-likeness (QED) is 0.609. The van der Waals surface area contributed by atoms with Gasteiger partial charge in [0.25, 0.3) is 0 Å². The van der Waals surface area contributed by atoms with Gasteiger partial charge in [-0.1, -0.05) is 27.2 Å². The van der Waals surface area contributed by atoms with E-state index in [2.05, 4.69) is 20.8 Å². The molecule has 6 rings (SSSR count). The topological polar surface area (TPSA) is 31.0 Å². The maximum Gasteiger partial charge on any atom is 0.176 e. The second-order valence-electron chi connectivity index (χ2n) is 10.7. The summed E-state index contributed by atoms with van der Waals surface area (Å²) < 4.78 is 19.1. The highest BCUT2D eigenvalue weighted by Gasteiger charge is 2.78. The molecule has 0 radical (unpaired) electrons. The van der Waals surface area contributed by atoms with E-state index < -0.39 is 0 Å². The summed E-state index contributed by atoms with van der Waals surface area (Å²) in [6.45, 7) is 9.09. The molecule has 0 amide bonds. The molecule has 2 heterocycles. The maximum atomic E-state index is 6.53. The summed E-state index contributed by atoms with van der Waals surface area (Å²) in [6, 6.07) is 0. The van der Waals surface area contributed by atoms with Crippen molar-refractivity contribution in [1.82, 2.24) is 0 Å². The maximum absolute atomic E-state index is 6.53. The summed E-state index contributed by atoms with van der Waals surface area (Å²) in [5.41, 5.74) is 0.601. The van der Waals surface area contributed by atoms with Crippen LogP contribution in [-0.4, -0.2) is 31.2 Å². The van der Waals surface area contributed by atoms with Crippen molar-refractivity contribution in [2.75, 3.05) is 13.2 Å². The lowest BCUT2D eigenvalue weighted by Gasteiger charge is -2.59. The number of rotatable bonds is 0. The van der Waals surface area contributed by atoms with E-state index in [1.54, 1.807) is 0 Å². The van der Waals surface area contributed by atoms with Crippen molar-refractivity contribution >= 4 is 0 Å². The van der Waals surface area contributed by atoms with Gasteiger partial charge in [0, 0.05) is 6.42 Å². The van der Waals surface area contributed by atoms with Crippen molar-refractivity contribution in [3.63, 3.8) is 0 Å². The van der Waals surface area contributed by atoms with Crippen LogP contribution in [0, 0.1) is 40.4 Å². The summed E-state index contributed by atoms with van der Waals surface area (Å²) in [7, 11) is 0. The normalized spacial score (nSPS) is 61.3. The van der Waals surface area contributed by atoms with E-state index in [1.807, 2.05) is 0 Å². The Hall–Kier alpha value is -0.120. The first kappa shape index (κ1) is 15.9. The lowest BCUT2D eigenvalue weighted by Crippen LogP contribution is -2.60. The van der Waals surface area contributed by atoms with Crippen LogP contribution in [0.5, 0.6) is 0 Å². The standard InChI is InChI=1S/C22H34O3/c1-13-6-8-20(2)14(12-13)4-5-15-16-7-9-22(23-10-11-24-22)21(16,3)19-18(25-19)17(15)20/h13-19H,4-12H2,1-3H3/t13?,14-,15?,16?,17?,18?,19+,20+,21-/m1/s1. The highest BCUT2D eigenvalue weighted by molar-refractivity contribution is 5.23. The third-order valence-corrected chi connectivity index (χ3v) is 9.98. The first-order valence-electron chi connectivity index (χ1n) is 10.9. The molecule has 0 bridgehead atoms. The van der Waals surface area contributed by atoms with Gasteiger partial charge in [-0.3, -0.25) is 0 Å². The Labute approximate surface area is 152 Å². The second-order valence-corrected chi connectivity index (χ2v) is 10.7. The monoisotopic (exact) mass is 346 g/mol. The molecule has 9 atom stereocenters. The molecular formula is C22H34O3. The predicted molar refractivity (Wildman–Crippen MR) is 95.0 cm³/mol. The Morgan fingerprint density at radius 2 is 1.72 bits per heavy atom. The average Bonchev–Trinajstić information content (AvgIpc) is 3.15. The van der Waals surface area contributed by atoms with Gasteiger partial charge in [-0.15, -0.1) is 0 Å². The van der Waals surface area contributed by atoms with Gasteiger partial charge in [0.05, 0.1) is 30.8 Å². The first-order chi connectivity index (χ1) is 12.0. The highest BCUT2D eigenvalue weighted by Crippen LogP contribution is 2.74. The minimum atomic E-state index is -0.332. The van der Waals surface area contributed by atoms with Gasteiger partial charge in [0.1, 0.15) is 0 Å². The molecule has 140 valence electrons. The van der Waals surface area contributed by atoms with Gasteiger partial charge in [-0.25, -0.2) is 0 Å². The van der Waals surface area contributed by atoms with Crippen LogP contribution in [0.4, 0.5) is 0 Å². The molecule has 0 aromatic heterocycles. The average molecular weight is 347 g/mol. The van der Waals surface area contributed by atoms with Crippen LogP contribution in [0.25, 0.3) is 0 Å². The van der Waals surface area contributed by atoms with E-state index in [0.29, 0.717) is 17.6 Å². The number of fused-ring (bicyclic) bond motifs is 9. The molecule has 5 unspecified atom stereocenters. The number of epoxide rings is 1. The van der Waals surface area contributed by atoms with Crippen molar-refractivity contribution in [2.45, 2.75) is 83.7 Å². The molecule has 0 aromatic carbocycles. The van der Waals surface area contributed by atoms with Crippen LogP contribution in [-0.2, 0) is 14.2 Å². The van der Waals surface area contributed by atoms with Gasteiger partial charge in [-0.05, 0) is 67.1 Å². The molecule has 4 saturated carbocycles. The zero-order chi connectivity index (χ0) is 17.0. The summed E-state index contributed by atoms with van der Waals surface area (Å²) in [6.07, 6.45) is 10.4. The Balaban J connectivity index is 1.38. The van der Waals surface area contributed by atoms with Crippen molar-refractivity contribution < 1.29 is 14.2 Å². The third-order valence-electron chi connectivity index (χ3n) is 9.98. The first-order valence-corrected chi connectivity index (χ1v) is 10.9. The zero-order valence-electron chi connectivity index (χ0n) is 16.1. The Bertz CT molecular complexity index is 584. The highest BCUT2D eigenvalue weighted by atomic mass is 16.7. The fourth-order valence-electron chi connectivity index (χ4n) is 8.73. The minimum absolute atomic E-state index is 0.0838. The van der Waals surface area contributed by atoms with E-state index in [1.165, 1.54) is 38.5 Å². The predicted octanol–water partition coefficient (Wildman–Crippen LogP) is 4.40. The summed E-state index contributed by atoms with van der Waals surface area (Å²) >= 11 is 0. The molecule has 6 aliphatic rings. The summed E-state index contributed by atoms with van der Waals surface area (Å²) in [5, 5.41) is 0. The Kier molecular flexibility index (Phi) is 3.07. The molecule has 2 saturated heterocycles. The summed E-state index contributed by atoms with van der Waals surface area (Å²) in [4.78, 5) is 0. The summed E-state index contributed by atoms with van der Waals surface area (Å²) in [5.74, 6) is 3.88. The van der Waals surface area contributed by atoms with Crippen molar-refractivity contribution in [3.05, 3.63) is 0 Å². The smallest absolute Gasteiger partial charge is 0.176 e. The number of hydrogen-bond acceptors (Lipinski definition) is 3. The third kappa shape index (κ3) is 1.75. The van der Waals surface area contributed by atoms with Crippen LogP contribution < -0.4 is 0 Å². The van der Waals surface area contributed by atoms with E-state index in [9.17, 15) is 0 Å². The van der Waals surface area contributed by atoms with Gasteiger partial charge in [0.15, 0.2) is 5.79 Å². The van der Waals surface area contributed by atoms with Gasteiger partial charge in [0.2, 0.25) is 0 Å². The van der Waals surface area contributed by atoms with Crippen molar-refractivity contribution in [2.24, 2.45) is 40.4 Å². The van der Waals surface area contributed by atoms with Crippen molar-refractivity contribution in [3.8, 4) is 0 Å². The minimum Gasteiger partial charge on any atom is -0.368 e. The molecule has 4 aliphatic carbocycles. The molecule has 3 heteroatoms. The Morgan fingerprint density at radius 3 is 2.52 bits per heavy atom. The lowest BCUT2D eigenvalue weighted by atomic mass is 9.44. The fourth-order valence-corrected chi connectivity index (χ4v) is 8.73. The van der Waals surface area contributed by atoms with E-state index in [4.69, 9.17) is 14.2 Å². The fraction of sp³-hybridized carbons (Fsp3) is 1.00. The number of ether oxygens (including phenoxy) is 3. The lowest BCUT2D eigenvalue weighted by molar-refractivity contribution is -0.242. The van der Waals surface area contributed by atoms with Crippen LogP contribution >= 0.6 is 0 Å². The van der Waals surface area contributed by atoms with Crippen LogP contribution in [0.2, 0.25) is 0 Å². The molecule has 2 aliphatic heterocycles. The molecule has 6 fully saturated rings. The number of hydrogen-bond donors (Lipinski definition) is 0. The molecule has 0 aromatic rings. The van der Waals surface area contributed by atoms with Gasteiger partial charge >= 0.3 is 0 Å². The molecular weight excluding hydrogens is 312 g/mol. The largest absolute Gasteiger partial charge is 0.368 e. The van der Waals surface area contributed by atoms with Crippen LogP contribution in [0.1, 0.15) is 65.7 Å². The Morgan fingerprint density at radius 1 is 0.920 bits per heavy atom. The van der Waals surface area contributed by atoms with Crippen LogP contribution in [0.3, 0.4) is 0 Å². The van der Waals surface area contributed by atoms with E-state index in [-0.39, 0.29) is 11.2 Å². The van der Waals surface area contributed by atoms with Gasteiger partial charge < -0.3 is 14.2 Å². The molecule has 25 heavy (non-hydrogen) atoms. The molecule has 3 nitrogen and oxygen atoms in total. The molecule has 1 spiro atoms. The van der Waals surface area contributed by atoms with Gasteiger partial charge in [-0.2, -0.15) is 0 Å².